The molecule has 1 amide bonds. The van der Waals surface area contributed by atoms with Crippen LogP contribution in [0.25, 0.3) is 6.08 Å². The lowest BCUT2D eigenvalue weighted by Crippen LogP contribution is -2.08. The van der Waals surface area contributed by atoms with E-state index in [4.69, 9.17) is 5.11 Å². The Bertz CT molecular complexity index is 893. The number of aryl methyl sites for hydroxylation is 2. The maximum atomic E-state index is 12.2. The van der Waals surface area contributed by atoms with E-state index < -0.39 is 11.9 Å². The molecular weight excluding hydrogens is 330 g/mol. The molecule has 0 radical (unpaired) electrons. The van der Waals surface area contributed by atoms with Gasteiger partial charge < -0.3 is 10.4 Å². The second kappa shape index (κ2) is 8.58. The quantitative estimate of drug-likeness (QED) is 0.614. The molecule has 2 aromatic rings. The van der Waals surface area contributed by atoms with E-state index in [1.807, 2.05) is 32.0 Å². The van der Waals surface area contributed by atoms with Gasteiger partial charge in [0.1, 0.15) is 0 Å². The van der Waals surface area contributed by atoms with E-state index in [-0.39, 0.29) is 5.78 Å². The summed E-state index contributed by atoms with van der Waals surface area (Å²) < 4.78 is 0. The van der Waals surface area contributed by atoms with Crippen LogP contribution in [0.3, 0.4) is 0 Å². The maximum Gasteiger partial charge on any atom is 0.328 e. The predicted molar refractivity (Wildman–Crippen MR) is 101 cm³/mol. The minimum Gasteiger partial charge on any atom is -0.478 e. The van der Waals surface area contributed by atoms with Gasteiger partial charge in [0.2, 0.25) is 5.91 Å². The van der Waals surface area contributed by atoms with E-state index in [1.54, 1.807) is 30.3 Å². The Morgan fingerprint density at radius 2 is 1.58 bits per heavy atom. The number of benzene rings is 2. The predicted octanol–water partition coefficient (Wildman–Crippen LogP) is 3.78. The molecule has 26 heavy (non-hydrogen) atoms. The number of carboxylic acid groups (broad SMARTS) is 1. The fourth-order valence-corrected chi connectivity index (χ4v) is 2.19. The number of ketones is 1. The molecule has 0 saturated heterocycles. The number of aliphatic carboxylic acids is 1. The molecule has 0 aromatic heterocycles. The van der Waals surface area contributed by atoms with Gasteiger partial charge in [0.15, 0.2) is 5.78 Å². The second-order valence-electron chi connectivity index (χ2n) is 5.78. The largest absolute Gasteiger partial charge is 0.478 e. The van der Waals surface area contributed by atoms with E-state index in [0.717, 1.165) is 23.3 Å². The summed E-state index contributed by atoms with van der Waals surface area (Å²) in [4.78, 5) is 34.1. The summed E-state index contributed by atoms with van der Waals surface area (Å²) in [5.74, 6) is -1.90. The molecule has 0 bridgehead atoms. The number of nitrogens with one attached hydrogen (secondary N) is 1. The van der Waals surface area contributed by atoms with Gasteiger partial charge in [-0.15, -0.1) is 0 Å². The first-order valence-electron chi connectivity index (χ1n) is 7.97. The summed E-state index contributed by atoms with van der Waals surface area (Å²) in [6, 6.07) is 12.4. The Morgan fingerprint density at radius 1 is 0.885 bits per heavy atom. The number of rotatable bonds is 6. The zero-order chi connectivity index (χ0) is 19.1. The van der Waals surface area contributed by atoms with Crippen LogP contribution >= 0.6 is 0 Å². The molecule has 132 valence electrons. The average molecular weight is 349 g/mol. The highest BCUT2D eigenvalue weighted by atomic mass is 16.4. The van der Waals surface area contributed by atoms with Crippen molar-refractivity contribution in [3.05, 3.63) is 82.9 Å². The van der Waals surface area contributed by atoms with Crippen molar-refractivity contribution < 1.29 is 19.5 Å². The van der Waals surface area contributed by atoms with Crippen LogP contribution in [-0.2, 0) is 9.59 Å². The molecule has 0 fully saturated rings. The van der Waals surface area contributed by atoms with Crippen molar-refractivity contribution in [2.45, 2.75) is 13.8 Å². The first-order chi connectivity index (χ1) is 12.3. The maximum absolute atomic E-state index is 12.2. The number of hydrogen-bond acceptors (Lipinski definition) is 3. The lowest BCUT2D eigenvalue weighted by atomic mass is 10.0. The van der Waals surface area contributed by atoms with Crippen LogP contribution in [0.2, 0.25) is 0 Å². The van der Waals surface area contributed by atoms with Crippen molar-refractivity contribution in [1.82, 2.24) is 0 Å². The third kappa shape index (κ3) is 5.56. The Labute approximate surface area is 151 Å². The lowest BCUT2D eigenvalue weighted by molar-refractivity contribution is -0.131. The average Bonchev–Trinajstić information content (AvgIpc) is 2.61. The first kappa shape index (κ1) is 18.9. The van der Waals surface area contributed by atoms with Crippen LogP contribution in [0.5, 0.6) is 0 Å². The van der Waals surface area contributed by atoms with Crippen molar-refractivity contribution in [2.24, 2.45) is 0 Å². The number of allylic oxidation sites excluding steroid dienone is 1. The fraction of sp³-hybridized carbons (Fsp3) is 0.0952. The molecule has 0 aliphatic heterocycles. The van der Waals surface area contributed by atoms with Gasteiger partial charge in [-0.25, -0.2) is 4.79 Å². The minimum atomic E-state index is -1.20. The summed E-state index contributed by atoms with van der Waals surface area (Å²) in [5.41, 5.74) is 4.28. The molecule has 0 unspecified atom stereocenters. The molecule has 0 atom stereocenters. The van der Waals surface area contributed by atoms with Crippen LogP contribution in [0.1, 0.15) is 27.0 Å². The summed E-state index contributed by atoms with van der Waals surface area (Å²) in [7, 11) is 0. The molecule has 0 saturated carbocycles. The Morgan fingerprint density at radius 3 is 2.19 bits per heavy atom. The number of anilines is 1. The topological polar surface area (TPSA) is 83.5 Å². The van der Waals surface area contributed by atoms with Gasteiger partial charge in [-0.3, -0.25) is 9.59 Å². The van der Waals surface area contributed by atoms with Gasteiger partial charge in [-0.2, -0.15) is 0 Å². The van der Waals surface area contributed by atoms with Crippen LogP contribution in [0, 0.1) is 13.8 Å². The molecule has 0 aliphatic carbocycles. The van der Waals surface area contributed by atoms with Gasteiger partial charge >= 0.3 is 5.97 Å². The zero-order valence-electron chi connectivity index (χ0n) is 14.5. The fourth-order valence-electron chi connectivity index (χ4n) is 2.19. The SMILES string of the molecule is Cc1ccc(/C=C/C(=O)c2ccc(NC(=O)/C=C\C(=O)O)cc2)cc1C. The van der Waals surface area contributed by atoms with E-state index in [1.165, 1.54) is 11.6 Å². The third-order valence-corrected chi connectivity index (χ3v) is 3.77. The molecular formula is C21H19NO4. The van der Waals surface area contributed by atoms with Crippen LogP contribution in [0.4, 0.5) is 5.69 Å². The summed E-state index contributed by atoms with van der Waals surface area (Å²) in [5, 5.41) is 11.0. The molecule has 2 N–H and O–H groups in total. The highest BCUT2D eigenvalue weighted by molar-refractivity contribution is 6.07. The number of carbonyl (C=O) groups excluding carboxylic acids is 2. The van der Waals surface area contributed by atoms with Gasteiger partial charge in [-0.05, 0) is 60.9 Å². The van der Waals surface area contributed by atoms with Crippen LogP contribution < -0.4 is 5.32 Å². The van der Waals surface area contributed by atoms with Crippen molar-refractivity contribution in [3.63, 3.8) is 0 Å². The summed E-state index contributed by atoms with van der Waals surface area (Å²) in [6.07, 6.45) is 4.95. The van der Waals surface area contributed by atoms with Gasteiger partial charge in [0, 0.05) is 23.4 Å². The van der Waals surface area contributed by atoms with E-state index >= 15 is 0 Å². The summed E-state index contributed by atoms with van der Waals surface area (Å²) >= 11 is 0. The molecule has 0 spiro atoms. The number of hydrogen-bond donors (Lipinski definition) is 2. The van der Waals surface area contributed by atoms with Crippen molar-refractivity contribution in [2.75, 3.05) is 5.32 Å². The summed E-state index contributed by atoms with van der Waals surface area (Å²) in [6.45, 7) is 4.05. The minimum absolute atomic E-state index is 0.146. The van der Waals surface area contributed by atoms with E-state index in [0.29, 0.717) is 11.3 Å². The molecule has 5 nitrogen and oxygen atoms in total. The molecule has 0 heterocycles. The monoisotopic (exact) mass is 349 g/mol. The second-order valence-corrected chi connectivity index (χ2v) is 5.78. The van der Waals surface area contributed by atoms with Crippen LogP contribution in [0.15, 0.2) is 60.7 Å². The number of amides is 1. The normalized spacial score (nSPS) is 11.0. The number of carbonyl (C=O) groups is 3. The van der Waals surface area contributed by atoms with E-state index in [9.17, 15) is 14.4 Å². The van der Waals surface area contributed by atoms with Gasteiger partial charge in [0.05, 0.1) is 0 Å². The molecule has 2 rings (SSSR count). The van der Waals surface area contributed by atoms with Gasteiger partial charge in [-0.1, -0.05) is 24.3 Å². The van der Waals surface area contributed by atoms with Crippen molar-refractivity contribution in [1.29, 1.82) is 0 Å². The van der Waals surface area contributed by atoms with Crippen molar-refractivity contribution in [3.8, 4) is 0 Å². The molecule has 2 aromatic carbocycles. The lowest BCUT2D eigenvalue weighted by Gasteiger charge is -2.03. The standard InChI is InChI=1S/C21H19NO4/c1-14-3-4-16(13-15(14)2)5-10-19(23)17-6-8-18(9-7-17)22-20(24)11-12-21(25)26/h3-13H,1-2H3,(H,22,24)(H,25,26)/b10-5+,12-11-. The molecule has 5 heteroatoms. The highest BCUT2D eigenvalue weighted by Crippen LogP contribution is 2.13. The molecule has 0 aliphatic rings. The third-order valence-electron chi connectivity index (χ3n) is 3.77. The number of carboxylic acids is 1. The Balaban J connectivity index is 2.01. The smallest absolute Gasteiger partial charge is 0.328 e. The Hall–Kier alpha value is -3.47. The Kier molecular flexibility index (Phi) is 6.22. The zero-order valence-corrected chi connectivity index (χ0v) is 14.5. The first-order valence-corrected chi connectivity index (χ1v) is 7.97. The van der Waals surface area contributed by atoms with E-state index in [2.05, 4.69) is 5.32 Å². The van der Waals surface area contributed by atoms with Crippen molar-refractivity contribution >= 4 is 29.4 Å². The highest BCUT2D eigenvalue weighted by Gasteiger charge is 2.04. The van der Waals surface area contributed by atoms with Gasteiger partial charge in [0.25, 0.3) is 0 Å². The van der Waals surface area contributed by atoms with Crippen LogP contribution in [-0.4, -0.2) is 22.8 Å².